The SMILES string of the molecule is CCN(C(=O)CCCSCc1nnnn1C)C1CCCCC1. The number of tetrazole rings is 1. The van der Waals surface area contributed by atoms with Crippen LogP contribution in [-0.4, -0.2) is 49.4 Å². The molecular weight excluding hydrogens is 298 g/mol. The summed E-state index contributed by atoms with van der Waals surface area (Å²) in [6, 6.07) is 0.489. The molecule has 0 aromatic carbocycles. The van der Waals surface area contributed by atoms with Crippen molar-refractivity contribution >= 4 is 17.7 Å². The Bertz CT molecular complexity index is 459. The molecule has 7 heteroatoms. The van der Waals surface area contributed by atoms with Crippen molar-refractivity contribution in [1.29, 1.82) is 0 Å². The van der Waals surface area contributed by atoms with Crippen molar-refractivity contribution in [3.05, 3.63) is 5.82 Å². The third-order valence-electron chi connectivity index (χ3n) is 4.29. The number of amides is 1. The number of aryl methyl sites for hydroxylation is 1. The average molecular weight is 325 g/mol. The van der Waals surface area contributed by atoms with Gasteiger partial charge in [0.25, 0.3) is 0 Å². The van der Waals surface area contributed by atoms with E-state index in [0.29, 0.717) is 18.4 Å². The monoisotopic (exact) mass is 325 g/mol. The summed E-state index contributed by atoms with van der Waals surface area (Å²) in [5.74, 6) is 2.99. The minimum Gasteiger partial charge on any atom is -0.340 e. The van der Waals surface area contributed by atoms with Crippen molar-refractivity contribution in [1.82, 2.24) is 25.1 Å². The highest BCUT2D eigenvalue weighted by Gasteiger charge is 2.23. The van der Waals surface area contributed by atoms with E-state index >= 15 is 0 Å². The molecule has 1 heterocycles. The van der Waals surface area contributed by atoms with Crippen LogP contribution in [0.1, 0.15) is 57.7 Å². The van der Waals surface area contributed by atoms with E-state index in [-0.39, 0.29) is 0 Å². The molecule has 1 aliphatic rings. The molecule has 22 heavy (non-hydrogen) atoms. The van der Waals surface area contributed by atoms with Gasteiger partial charge in [0.1, 0.15) is 0 Å². The van der Waals surface area contributed by atoms with E-state index in [1.807, 2.05) is 7.05 Å². The first kappa shape index (κ1) is 17.2. The Hall–Kier alpha value is -1.11. The zero-order chi connectivity index (χ0) is 15.8. The quantitative estimate of drug-likeness (QED) is 0.687. The van der Waals surface area contributed by atoms with Crippen molar-refractivity contribution in [2.24, 2.45) is 7.05 Å². The molecule has 0 spiro atoms. The molecule has 6 nitrogen and oxygen atoms in total. The number of aromatic nitrogens is 4. The van der Waals surface area contributed by atoms with Gasteiger partial charge in [-0.1, -0.05) is 19.3 Å². The summed E-state index contributed by atoms with van der Waals surface area (Å²) in [7, 11) is 1.85. The average Bonchev–Trinajstić information content (AvgIpc) is 2.94. The third-order valence-corrected chi connectivity index (χ3v) is 5.33. The number of carbonyl (C=O) groups is 1. The van der Waals surface area contributed by atoms with E-state index in [2.05, 4.69) is 27.3 Å². The van der Waals surface area contributed by atoms with Crippen molar-refractivity contribution in [2.75, 3.05) is 12.3 Å². The fourth-order valence-electron chi connectivity index (χ4n) is 3.03. The van der Waals surface area contributed by atoms with Crippen LogP contribution in [0.4, 0.5) is 0 Å². The van der Waals surface area contributed by atoms with Gasteiger partial charge in [-0.05, 0) is 42.4 Å². The third kappa shape index (κ3) is 4.97. The molecule has 1 aromatic heterocycles. The molecule has 0 atom stereocenters. The van der Waals surface area contributed by atoms with Gasteiger partial charge in [0.15, 0.2) is 5.82 Å². The van der Waals surface area contributed by atoms with Crippen LogP contribution in [-0.2, 0) is 17.6 Å². The van der Waals surface area contributed by atoms with E-state index in [1.54, 1.807) is 16.4 Å². The van der Waals surface area contributed by atoms with Gasteiger partial charge in [-0.15, -0.1) is 5.10 Å². The van der Waals surface area contributed by atoms with Gasteiger partial charge in [0, 0.05) is 26.1 Å². The second-order valence-corrected chi connectivity index (χ2v) is 6.95. The first-order valence-corrected chi connectivity index (χ1v) is 9.46. The Morgan fingerprint density at radius 3 is 2.77 bits per heavy atom. The Morgan fingerprint density at radius 1 is 1.36 bits per heavy atom. The zero-order valence-electron chi connectivity index (χ0n) is 13.7. The number of rotatable bonds is 8. The van der Waals surface area contributed by atoms with Crippen LogP contribution in [0.3, 0.4) is 0 Å². The lowest BCUT2D eigenvalue weighted by atomic mass is 9.94. The van der Waals surface area contributed by atoms with E-state index in [0.717, 1.165) is 30.3 Å². The number of hydrogen-bond donors (Lipinski definition) is 0. The lowest BCUT2D eigenvalue weighted by Gasteiger charge is -2.33. The Labute approximate surface area is 137 Å². The highest BCUT2D eigenvalue weighted by atomic mass is 32.2. The van der Waals surface area contributed by atoms with Gasteiger partial charge in [-0.3, -0.25) is 4.79 Å². The van der Waals surface area contributed by atoms with Crippen LogP contribution < -0.4 is 0 Å². The van der Waals surface area contributed by atoms with Gasteiger partial charge in [0.05, 0.1) is 5.75 Å². The maximum atomic E-state index is 12.4. The largest absolute Gasteiger partial charge is 0.340 e. The zero-order valence-corrected chi connectivity index (χ0v) is 14.5. The fourth-order valence-corrected chi connectivity index (χ4v) is 3.95. The second kappa shape index (κ2) is 9.12. The predicted molar refractivity (Wildman–Crippen MR) is 88.5 cm³/mol. The molecule has 0 unspecified atom stereocenters. The number of thioether (sulfide) groups is 1. The van der Waals surface area contributed by atoms with Gasteiger partial charge < -0.3 is 4.90 Å². The molecule has 0 saturated heterocycles. The van der Waals surface area contributed by atoms with E-state index in [1.165, 1.54) is 32.1 Å². The topological polar surface area (TPSA) is 63.9 Å². The molecule has 0 N–H and O–H groups in total. The number of hydrogen-bond acceptors (Lipinski definition) is 5. The maximum absolute atomic E-state index is 12.4. The summed E-state index contributed by atoms with van der Waals surface area (Å²) in [5, 5.41) is 11.4. The summed E-state index contributed by atoms with van der Waals surface area (Å²) < 4.78 is 1.69. The molecule has 1 amide bonds. The Kier molecular flexibility index (Phi) is 7.15. The highest BCUT2D eigenvalue weighted by Crippen LogP contribution is 2.23. The molecular formula is C15H27N5OS. The first-order valence-electron chi connectivity index (χ1n) is 8.30. The summed E-state index contributed by atoms with van der Waals surface area (Å²) in [4.78, 5) is 14.5. The Balaban J connectivity index is 1.64. The van der Waals surface area contributed by atoms with E-state index in [4.69, 9.17) is 0 Å². The fraction of sp³-hybridized carbons (Fsp3) is 0.867. The molecule has 0 aliphatic heterocycles. The van der Waals surface area contributed by atoms with Crippen molar-refractivity contribution in [2.45, 2.75) is 63.7 Å². The smallest absolute Gasteiger partial charge is 0.222 e. The van der Waals surface area contributed by atoms with Crippen LogP contribution >= 0.6 is 11.8 Å². The molecule has 0 bridgehead atoms. The van der Waals surface area contributed by atoms with Gasteiger partial charge in [0.2, 0.25) is 5.91 Å². The molecule has 0 radical (unpaired) electrons. The van der Waals surface area contributed by atoms with Crippen LogP contribution in [0.5, 0.6) is 0 Å². The van der Waals surface area contributed by atoms with Crippen LogP contribution in [0.15, 0.2) is 0 Å². The van der Waals surface area contributed by atoms with Gasteiger partial charge in [-0.2, -0.15) is 11.8 Å². The lowest BCUT2D eigenvalue weighted by Crippen LogP contribution is -2.41. The minimum absolute atomic E-state index is 0.329. The number of nitrogens with zero attached hydrogens (tertiary/aromatic N) is 5. The lowest BCUT2D eigenvalue weighted by molar-refractivity contribution is -0.133. The molecule has 1 saturated carbocycles. The summed E-state index contributed by atoms with van der Waals surface area (Å²) in [5.41, 5.74) is 0. The first-order chi connectivity index (χ1) is 10.7. The molecule has 2 rings (SSSR count). The van der Waals surface area contributed by atoms with Gasteiger partial charge >= 0.3 is 0 Å². The molecule has 1 fully saturated rings. The number of carbonyl (C=O) groups excluding carboxylic acids is 1. The van der Waals surface area contributed by atoms with Crippen molar-refractivity contribution < 1.29 is 4.79 Å². The van der Waals surface area contributed by atoms with E-state index in [9.17, 15) is 4.79 Å². The second-order valence-electron chi connectivity index (χ2n) is 5.85. The molecule has 1 aliphatic carbocycles. The highest BCUT2D eigenvalue weighted by molar-refractivity contribution is 7.98. The van der Waals surface area contributed by atoms with Crippen molar-refractivity contribution in [3.63, 3.8) is 0 Å². The van der Waals surface area contributed by atoms with Gasteiger partial charge in [-0.25, -0.2) is 4.68 Å². The summed E-state index contributed by atoms with van der Waals surface area (Å²) >= 11 is 1.79. The summed E-state index contributed by atoms with van der Waals surface area (Å²) in [6.45, 7) is 2.95. The standard InChI is InChI=1S/C15H27N5OS/c1-3-20(13-8-5-4-6-9-13)15(21)10-7-11-22-12-14-16-17-18-19(14)2/h13H,3-12H2,1-2H3. The van der Waals surface area contributed by atoms with Crippen molar-refractivity contribution in [3.8, 4) is 0 Å². The molecule has 124 valence electrons. The van der Waals surface area contributed by atoms with Crippen LogP contribution in [0, 0.1) is 0 Å². The normalized spacial score (nSPS) is 15.9. The summed E-state index contributed by atoms with van der Waals surface area (Å²) in [6.07, 6.45) is 7.84. The predicted octanol–water partition coefficient (Wildman–Crippen LogP) is 2.40. The molecule has 1 aromatic rings. The Morgan fingerprint density at radius 2 is 2.14 bits per heavy atom. The maximum Gasteiger partial charge on any atom is 0.222 e. The van der Waals surface area contributed by atoms with Crippen LogP contribution in [0.25, 0.3) is 0 Å². The van der Waals surface area contributed by atoms with E-state index < -0.39 is 0 Å². The minimum atomic E-state index is 0.329. The van der Waals surface area contributed by atoms with Crippen LogP contribution in [0.2, 0.25) is 0 Å².